The van der Waals surface area contributed by atoms with Crippen LogP contribution in [0.4, 0.5) is 0 Å². The number of carbonyl (C=O) groups is 1. The lowest BCUT2D eigenvalue weighted by molar-refractivity contribution is -0.119. The Kier molecular flexibility index (Phi) is 4.73. The van der Waals surface area contributed by atoms with Gasteiger partial charge in [-0.15, -0.1) is 0 Å². The van der Waals surface area contributed by atoms with Crippen molar-refractivity contribution < 1.29 is 4.79 Å². The normalized spacial score (nSPS) is 12.2. The van der Waals surface area contributed by atoms with E-state index in [-0.39, 0.29) is 5.92 Å². The Balaban J connectivity index is 2.20. The molecule has 1 heteroatoms. The van der Waals surface area contributed by atoms with Crippen molar-refractivity contribution in [2.75, 3.05) is 0 Å². The predicted molar refractivity (Wildman–Crippen MR) is 84.1 cm³/mol. The van der Waals surface area contributed by atoms with Gasteiger partial charge >= 0.3 is 0 Å². The maximum absolute atomic E-state index is 12.6. The summed E-state index contributed by atoms with van der Waals surface area (Å²) in [5, 5.41) is 0. The predicted octanol–water partition coefficient (Wildman–Crippen LogP) is 4.61. The molecule has 2 aromatic carbocycles. The fraction of sp³-hybridized carbons (Fsp3) is 0.316. The van der Waals surface area contributed by atoms with E-state index in [1.807, 2.05) is 18.2 Å². The minimum atomic E-state index is 0.0103. The second-order valence-corrected chi connectivity index (χ2v) is 5.44. The van der Waals surface area contributed by atoms with Crippen LogP contribution in [0.1, 0.15) is 41.5 Å². The average molecular weight is 266 g/mol. The Morgan fingerprint density at radius 3 is 2.40 bits per heavy atom. The second kappa shape index (κ2) is 6.51. The van der Waals surface area contributed by atoms with Crippen LogP contribution in [-0.4, -0.2) is 5.78 Å². The standard InChI is InChI=1S/C19H22O/c1-4-18(16-8-6-5-7-9-16)19(20)13-17-12-14(2)10-11-15(17)3/h5-12,18H,4,13H2,1-3H3. The first kappa shape index (κ1) is 14.5. The Labute approximate surface area is 121 Å². The summed E-state index contributed by atoms with van der Waals surface area (Å²) in [6, 6.07) is 16.4. The third-order valence-electron chi connectivity index (χ3n) is 3.87. The number of aryl methyl sites for hydroxylation is 2. The number of hydrogen-bond acceptors (Lipinski definition) is 1. The number of rotatable bonds is 5. The van der Waals surface area contributed by atoms with Gasteiger partial charge in [-0.3, -0.25) is 4.79 Å². The quantitative estimate of drug-likeness (QED) is 0.772. The molecule has 0 fully saturated rings. The monoisotopic (exact) mass is 266 g/mol. The molecule has 104 valence electrons. The summed E-state index contributed by atoms with van der Waals surface area (Å²) < 4.78 is 0. The molecule has 1 atom stereocenters. The zero-order valence-corrected chi connectivity index (χ0v) is 12.5. The van der Waals surface area contributed by atoms with Crippen molar-refractivity contribution in [3.8, 4) is 0 Å². The zero-order chi connectivity index (χ0) is 14.5. The molecule has 0 aliphatic rings. The lowest BCUT2D eigenvalue weighted by Crippen LogP contribution is -2.15. The Hall–Kier alpha value is -1.89. The lowest BCUT2D eigenvalue weighted by Gasteiger charge is -2.15. The minimum absolute atomic E-state index is 0.0103. The van der Waals surface area contributed by atoms with E-state index in [4.69, 9.17) is 0 Å². The SMILES string of the molecule is CCC(C(=O)Cc1cc(C)ccc1C)c1ccccc1. The molecule has 1 nitrogen and oxygen atoms in total. The largest absolute Gasteiger partial charge is 0.299 e. The summed E-state index contributed by atoms with van der Waals surface area (Å²) in [6.45, 7) is 6.23. The molecule has 0 bridgehead atoms. The molecule has 0 spiro atoms. The van der Waals surface area contributed by atoms with Gasteiger partial charge in [0.25, 0.3) is 0 Å². The van der Waals surface area contributed by atoms with E-state index in [0.717, 1.165) is 17.5 Å². The minimum Gasteiger partial charge on any atom is -0.299 e. The van der Waals surface area contributed by atoms with Crippen LogP contribution in [0.5, 0.6) is 0 Å². The Bertz CT molecular complexity index is 584. The first-order valence-corrected chi connectivity index (χ1v) is 7.25. The molecule has 0 aliphatic carbocycles. The molecular formula is C19H22O. The zero-order valence-electron chi connectivity index (χ0n) is 12.5. The van der Waals surface area contributed by atoms with Gasteiger partial charge in [0.2, 0.25) is 0 Å². The highest BCUT2D eigenvalue weighted by molar-refractivity contribution is 5.87. The molecule has 20 heavy (non-hydrogen) atoms. The average Bonchev–Trinajstić information content (AvgIpc) is 2.45. The van der Waals surface area contributed by atoms with Crippen molar-refractivity contribution in [2.45, 2.75) is 39.5 Å². The molecule has 0 aliphatic heterocycles. The van der Waals surface area contributed by atoms with Crippen molar-refractivity contribution in [3.63, 3.8) is 0 Å². The van der Waals surface area contributed by atoms with Crippen LogP contribution in [-0.2, 0) is 11.2 Å². The lowest BCUT2D eigenvalue weighted by atomic mass is 9.88. The van der Waals surface area contributed by atoms with Crippen LogP contribution in [0.3, 0.4) is 0 Å². The van der Waals surface area contributed by atoms with Gasteiger partial charge in [0.15, 0.2) is 0 Å². The van der Waals surface area contributed by atoms with Crippen molar-refractivity contribution in [1.82, 2.24) is 0 Å². The number of hydrogen-bond donors (Lipinski definition) is 0. The van der Waals surface area contributed by atoms with Crippen LogP contribution < -0.4 is 0 Å². The van der Waals surface area contributed by atoms with E-state index in [1.165, 1.54) is 11.1 Å². The van der Waals surface area contributed by atoms with Crippen LogP contribution in [0.2, 0.25) is 0 Å². The maximum atomic E-state index is 12.6. The first-order valence-electron chi connectivity index (χ1n) is 7.25. The molecule has 1 unspecified atom stereocenters. The van der Waals surface area contributed by atoms with Gasteiger partial charge in [-0.25, -0.2) is 0 Å². The fourth-order valence-electron chi connectivity index (χ4n) is 2.64. The number of benzene rings is 2. The van der Waals surface area contributed by atoms with E-state index < -0.39 is 0 Å². The van der Waals surface area contributed by atoms with E-state index in [9.17, 15) is 4.79 Å². The van der Waals surface area contributed by atoms with Gasteiger partial charge in [0.1, 0.15) is 5.78 Å². The second-order valence-electron chi connectivity index (χ2n) is 5.44. The van der Waals surface area contributed by atoms with E-state index in [0.29, 0.717) is 12.2 Å². The first-order chi connectivity index (χ1) is 9.61. The number of ketones is 1. The highest BCUT2D eigenvalue weighted by atomic mass is 16.1. The maximum Gasteiger partial charge on any atom is 0.144 e. The molecular weight excluding hydrogens is 244 g/mol. The van der Waals surface area contributed by atoms with Crippen LogP contribution in [0.15, 0.2) is 48.5 Å². The molecule has 0 amide bonds. The summed E-state index contributed by atoms with van der Waals surface area (Å²) in [4.78, 5) is 12.6. The Morgan fingerprint density at radius 2 is 1.75 bits per heavy atom. The third-order valence-corrected chi connectivity index (χ3v) is 3.87. The van der Waals surface area contributed by atoms with Crippen molar-refractivity contribution in [3.05, 3.63) is 70.8 Å². The molecule has 0 saturated heterocycles. The Morgan fingerprint density at radius 1 is 1.05 bits per heavy atom. The van der Waals surface area contributed by atoms with Crippen molar-refractivity contribution in [2.24, 2.45) is 0 Å². The van der Waals surface area contributed by atoms with Crippen LogP contribution >= 0.6 is 0 Å². The highest BCUT2D eigenvalue weighted by Crippen LogP contribution is 2.23. The van der Waals surface area contributed by atoms with Crippen LogP contribution in [0.25, 0.3) is 0 Å². The third kappa shape index (κ3) is 3.36. The molecule has 0 saturated carbocycles. The molecule has 0 aromatic heterocycles. The molecule has 0 radical (unpaired) electrons. The van der Waals surface area contributed by atoms with E-state index >= 15 is 0 Å². The number of Topliss-reactive ketones (excluding diaryl/α,β-unsaturated/α-hetero) is 1. The van der Waals surface area contributed by atoms with Gasteiger partial charge < -0.3 is 0 Å². The highest BCUT2D eigenvalue weighted by Gasteiger charge is 2.19. The van der Waals surface area contributed by atoms with Gasteiger partial charge in [0, 0.05) is 12.3 Å². The molecule has 2 rings (SSSR count). The topological polar surface area (TPSA) is 17.1 Å². The van der Waals surface area contributed by atoms with Gasteiger partial charge in [-0.05, 0) is 37.0 Å². The van der Waals surface area contributed by atoms with Gasteiger partial charge in [-0.1, -0.05) is 61.0 Å². The van der Waals surface area contributed by atoms with Crippen molar-refractivity contribution >= 4 is 5.78 Å². The smallest absolute Gasteiger partial charge is 0.144 e. The summed E-state index contributed by atoms with van der Waals surface area (Å²) in [5.41, 5.74) is 4.70. The summed E-state index contributed by atoms with van der Waals surface area (Å²) >= 11 is 0. The number of carbonyl (C=O) groups excluding carboxylic acids is 1. The molecule has 0 heterocycles. The van der Waals surface area contributed by atoms with Gasteiger partial charge in [0.05, 0.1) is 0 Å². The van der Waals surface area contributed by atoms with E-state index in [1.54, 1.807) is 0 Å². The summed E-state index contributed by atoms with van der Waals surface area (Å²) in [7, 11) is 0. The van der Waals surface area contributed by atoms with Crippen molar-refractivity contribution in [1.29, 1.82) is 0 Å². The van der Waals surface area contributed by atoms with Crippen LogP contribution in [0, 0.1) is 13.8 Å². The molecule has 0 N–H and O–H groups in total. The fourth-order valence-corrected chi connectivity index (χ4v) is 2.64. The summed E-state index contributed by atoms with van der Waals surface area (Å²) in [6.07, 6.45) is 1.38. The van der Waals surface area contributed by atoms with Gasteiger partial charge in [-0.2, -0.15) is 0 Å². The van der Waals surface area contributed by atoms with E-state index in [2.05, 4.69) is 51.1 Å². The summed E-state index contributed by atoms with van der Waals surface area (Å²) in [5.74, 6) is 0.323. The molecule has 2 aromatic rings.